The van der Waals surface area contributed by atoms with Crippen LogP contribution in [0.2, 0.25) is 5.02 Å². The maximum absolute atomic E-state index is 11.1. The average Bonchev–Trinajstić information content (AvgIpc) is 2.19. The van der Waals surface area contributed by atoms with Gasteiger partial charge in [-0.25, -0.2) is 4.79 Å². The lowest BCUT2D eigenvalue weighted by atomic mass is 10.2. The van der Waals surface area contributed by atoms with Gasteiger partial charge in [0.1, 0.15) is 16.4 Å². The zero-order chi connectivity index (χ0) is 10.1. The second kappa shape index (κ2) is 3.35. The molecule has 1 heterocycles. The van der Waals surface area contributed by atoms with Crippen LogP contribution in [-0.4, -0.2) is 7.11 Å². The first-order chi connectivity index (χ1) is 6.70. The summed E-state index contributed by atoms with van der Waals surface area (Å²) in [5, 5.41) is 0.819. The third-order valence-electron chi connectivity index (χ3n) is 1.90. The van der Waals surface area contributed by atoms with Crippen LogP contribution in [0.5, 0.6) is 5.75 Å². The molecule has 72 valence electrons. The third kappa shape index (κ3) is 1.46. The first-order valence-electron chi connectivity index (χ1n) is 3.98. The van der Waals surface area contributed by atoms with Crippen LogP contribution in [0.3, 0.4) is 0 Å². The molecule has 0 aliphatic heterocycles. The smallest absolute Gasteiger partial charge is 0.355 e. The molecule has 0 aliphatic rings. The zero-order valence-electron chi connectivity index (χ0n) is 7.41. The molecule has 4 heteroatoms. The lowest BCUT2D eigenvalue weighted by Gasteiger charge is -2.00. The Morgan fingerprint density at radius 1 is 1.36 bits per heavy atom. The normalized spacial score (nSPS) is 10.4. The molecule has 0 unspecified atom stereocenters. The van der Waals surface area contributed by atoms with Crippen molar-refractivity contribution in [1.29, 1.82) is 0 Å². The predicted molar refractivity (Wildman–Crippen MR) is 54.0 cm³/mol. The Labute approximate surface area is 84.9 Å². The molecule has 0 amide bonds. The van der Waals surface area contributed by atoms with E-state index in [0.29, 0.717) is 11.3 Å². The predicted octanol–water partition coefficient (Wildman–Crippen LogP) is 2.46. The van der Waals surface area contributed by atoms with Gasteiger partial charge < -0.3 is 9.15 Å². The third-order valence-corrected chi connectivity index (χ3v) is 2.16. The number of hydrogen-bond acceptors (Lipinski definition) is 3. The molecule has 0 atom stereocenters. The Morgan fingerprint density at radius 3 is 2.86 bits per heavy atom. The van der Waals surface area contributed by atoms with Gasteiger partial charge in [0.05, 0.1) is 7.11 Å². The van der Waals surface area contributed by atoms with Gasteiger partial charge in [0.25, 0.3) is 0 Å². The average molecular weight is 211 g/mol. The fraction of sp³-hybridized carbons (Fsp3) is 0.100. The fourth-order valence-corrected chi connectivity index (χ4v) is 1.36. The molecule has 1 aromatic carbocycles. The van der Waals surface area contributed by atoms with Gasteiger partial charge in [0, 0.05) is 5.39 Å². The summed E-state index contributed by atoms with van der Waals surface area (Å²) in [6.45, 7) is 0. The summed E-state index contributed by atoms with van der Waals surface area (Å²) in [6, 6.07) is 6.71. The van der Waals surface area contributed by atoms with Gasteiger partial charge in [-0.15, -0.1) is 0 Å². The summed E-state index contributed by atoms with van der Waals surface area (Å²) in [5.41, 5.74) is -0.0236. The van der Waals surface area contributed by atoms with Crippen LogP contribution in [0, 0.1) is 0 Å². The molecule has 2 rings (SSSR count). The minimum Gasteiger partial charge on any atom is -0.497 e. The standard InChI is InChI=1S/C10H7ClO3/c1-13-7-2-3-9-6(4-7)5-8(11)10(12)14-9/h2-5H,1H3. The van der Waals surface area contributed by atoms with E-state index in [9.17, 15) is 4.79 Å². The maximum Gasteiger partial charge on any atom is 0.355 e. The number of hydrogen-bond donors (Lipinski definition) is 0. The number of methoxy groups -OCH3 is 1. The van der Waals surface area contributed by atoms with Crippen molar-refractivity contribution in [2.45, 2.75) is 0 Å². The van der Waals surface area contributed by atoms with Crippen LogP contribution in [0.4, 0.5) is 0 Å². The summed E-state index contributed by atoms with van der Waals surface area (Å²) in [5.74, 6) is 0.697. The summed E-state index contributed by atoms with van der Waals surface area (Å²) in [4.78, 5) is 11.1. The lowest BCUT2D eigenvalue weighted by Crippen LogP contribution is -1.98. The highest BCUT2D eigenvalue weighted by atomic mass is 35.5. The Morgan fingerprint density at radius 2 is 2.14 bits per heavy atom. The topological polar surface area (TPSA) is 39.4 Å². The monoisotopic (exact) mass is 210 g/mol. The SMILES string of the molecule is COc1ccc2oc(=O)c(Cl)cc2c1. The summed E-state index contributed by atoms with van der Waals surface area (Å²) in [6.07, 6.45) is 0. The molecule has 0 fully saturated rings. The molecule has 0 saturated heterocycles. The summed E-state index contributed by atoms with van der Waals surface area (Å²) in [7, 11) is 1.57. The second-order valence-electron chi connectivity index (χ2n) is 2.79. The van der Waals surface area contributed by atoms with E-state index in [1.165, 1.54) is 0 Å². The van der Waals surface area contributed by atoms with Gasteiger partial charge in [-0.05, 0) is 24.3 Å². The van der Waals surface area contributed by atoms with Crippen molar-refractivity contribution in [2.24, 2.45) is 0 Å². The molecule has 0 N–H and O–H groups in total. The number of fused-ring (bicyclic) bond motifs is 1. The maximum atomic E-state index is 11.1. The van der Waals surface area contributed by atoms with Gasteiger partial charge in [0.15, 0.2) is 0 Å². The molecule has 0 bridgehead atoms. The first kappa shape index (κ1) is 9.09. The van der Waals surface area contributed by atoms with Gasteiger partial charge in [-0.2, -0.15) is 0 Å². The molecule has 0 aliphatic carbocycles. The van der Waals surface area contributed by atoms with E-state index in [4.69, 9.17) is 20.8 Å². The first-order valence-corrected chi connectivity index (χ1v) is 4.36. The molecular formula is C10H7ClO3. The Hall–Kier alpha value is -1.48. The van der Waals surface area contributed by atoms with Gasteiger partial charge in [0.2, 0.25) is 0 Å². The van der Waals surface area contributed by atoms with Crippen molar-refractivity contribution in [3.8, 4) is 5.75 Å². The Kier molecular flexibility index (Phi) is 2.17. The van der Waals surface area contributed by atoms with Crippen LogP contribution in [0.25, 0.3) is 11.0 Å². The van der Waals surface area contributed by atoms with Gasteiger partial charge in [-0.1, -0.05) is 11.6 Å². The van der Waals surface area contributed by atoms with Crippen LogP contribution in [-0.2, 0) is 0 Å². The highest BCUT2D eigenvalue weighted by Gasteiger charge is 2.03. The van der Waals surface area contributed by atoms with E-state index in [1.807, 2.05) is 0 Å². The number of ether oxygens (including phenoxy) is 1. The van der Waals surface area contributed by atoms with Crippen molar-refractivity contribution in [2.75, 3.05) is 7.11 Å². The Bertz CT molecular complexity index is 530. The fourth-order valence-electron chi connectivity index (χ4n) is 1.20. The summed E-state index contributed by atoms with van der Waals surface area (Å²) < 4.78 is 9.98. The largest absolute Gasteiger partial charge is 0.497 e. The van der Waals surface area contributed by atoms with Crippen molar-refractivity contribution in [3.63, 3.8) is 0 Å². The van der Waals surface area contributed by atoms with Gasteiger partial charge in [-0.3, -0.25) is 0 Å². The van der Waals surface area contributed by atoms with E-state index < -0.39 is 5.63 Å². The molecule has 3 nitrogen and oxygen atoms in total. The molecular weight excluding hydrogens is 204 g/mol. The van der Waals surface area contributed by atoms with E-state index in [1.54, 1.807) is 31.4 Å². The lowest BCUT2D eigenvalue weighted by molar-refractivity contribution is 0.415. The number of halogens is 1. The zero-order valence-corrected chi connectivity index (χ0v) is 8.17. The molecule has 2 aromatic rings. The van der Waals surface area contributed by atoms with Crippen LogP contribution in [0.1, 0.15) is 0 Å². The van der Waals surface area contributed by atoms with E-state index >= 15 is 0 Å². The highest BCUT2D eigenvalue weighted by Crippen LogP contribution is 2.21. The minimum atomic E-state index is -0.524. The number of rotatable bonds is 1. The van der Waals surface area contributed by atoms with Crippen molar-refractivity contribution >= 4 is 22.6 Å². The molecule has 1 aromatic heterocycles. The van der Waals surface area contributed by atoms with Crippen LogP contribution >= 0.6 is 11.6 Å². The van der Waals surface area contributed by atoms with E-state index in [0.717, 1.165) is 5.39 Å². The minimum absolute atomic E-state index is 0.0748. The van der Waals surface area contributed by atoms with Crippen LogP contribution < -0.4 is 10.4 Å². The molecule has 0 radical (unpaired) electrons. The van der Waals surface area contributed by atoms with E-state index in [-0.39, 0.29) is 5.02 Å². The molecule has 0 spiro atoms. The van der Waals surface area contributed by atoms with Crippen LogP contribution in [0.15, 0.2) is 33.5 Å². The van der Waals surface area contributed by atoms with E-state index in [2.05, 4.69) is 0 Å². The molecule has 0 saturated carbocycles. The van der Waals surface area contributed by atoms with Crippen molar-refractivity contribution in [3.05, 3.63) is 39.7 Å². The number of benzene rings is 1. The Balaban J connectivity index is 2.77. The quantitative estimate of drug-likeness (QED) is 0.679. The van der Waals surface area contributed by atoms with Crippen molar-refractivity contribution < 1.29 is 9.15 Å². The second-order valence-corrected chi connectivity index (χ2v) is 3.19. The van der Waals surface area contributed by atoms with Gasteiger partial charge >= 0.3 is 5.63 Å². The molecule has 14 heavy (non-hydrogen) atoms. The van der Waals surface area contributed by atoms with Crippen molar-refractivity contribution in [1.82, 2.24) is 0 Å². The highest BCUT2D eigenvalue weighted by molar-refractivity contribution is 6.30. The summed E-state index contributed by atoms with van der Waals surface area (Å²) >= 11 is 5.64.